The van der Waals surface area contributed by atoms with Gasteiger partial charge >= 0.3 is 0 Å². The summed E-state index contributed by atoms with van der Waals surface area (Å²) in [5, 5.41) is 0. The summed E-state index contributed by atoms with van der Waals surface area (Å²) in [5.74, 6) is 0.565. The van der Waals surface area contributed by atoms with Crippen LogP contribution in [-0.4, -0.2) is 29.9 Å². The van der Waals surface area contributed by atoms with Crippen molar-refractivity contribution in [2.24, 2.45) is 5.92 Å². The molecule has 3 unspecified atom stereocenters. The minimum Gasteiger partial charge on any atom is -0.472 e. The van der Waals surface area contributed by atoms with Crippen molar-refractivity contribution in [2.75, 3.05) is 13.1 Å². The van der Waals surface area contributed by atoms with Gasteiger partial charge in [0.15, 0.2) is 0 Å². The number of carbonyl (C=O) groups excluding carboxylic acids is 1. The van der Waals surface area contributed by atoms with Gasteiger partial charge in [-0.2, -0.15) is 0 Å². The molecule has 24 heavy (non-hydrogen) atoms. The largest absolute Gasteiger partial charge is 0.472 e. The molecule has 5 nitrogen and oxygen atoms in total. The van der Waals surface area contributed by atoms with E-state index in [0.29, 0.717) is 23.6 Å². The van der Waals surface area contributed by atoms with Crippen LogP contribution >= 0.6 is 0 Å². The molecule has 0 saturated carbocycles. The summed E-state index contributed by atoms with van der Waals surface area (Å²) in [5.41, 5.74) is 8.85. The van der Waals surface area contributed by atoms with E-state index >= 15 is 0 Å². The fourth-order valence-corrected chi connectivity index (χ4v) is 3.89. The number of nitrogens with zero attached hydrogens (tertiary/aromatic N) is 1. The van der Waals surface area contributed by atoms with E-state index in [1.165, 1.54) is 11.8 Å². The van der Waals surface area contributed by atoms with Gasteiger partial charge in [-0.25, -0.2) is 0 Å². The molecule has 3 atom stereocenters. The molecule has 1 aromatic carbocycles. The molecule has 2 aromatic rings. The van der Waals surface area contributed by atoms with E-state index in [0.717, 1.165) is 32.4 Å². The molecule has 3 heterocycles. The smallest absolute Gasteiger partial charge is 0.257 e. The van der Waals surface area contributed by atoms with Gasteiger partial charge in [-0.05, 0) is 36.8 Å². The maximum atomic E-state index is 12.5. The number of nitrogens with one attached hydrogen (secondary N) is 2. The van der Waals surface area contributed by atoms with Gasteiger partial charge in [-0.1, -0.05) is 30.3 Å². The van der Waals surface area contributed by atoms with Gasteiger partial charge < -0.3 is 9.32 Å². The van der Waals surface area contributed by atoms with Crippen molar-refractivity contribution >= 4 is 5.91 Å². The second-order valence-electron chi connectivity index (χ2n) is 6.76. The minimum atomic E-state index is 0.0824. The number of hydrogen-bond acceptors (Lipinski definition) is 4. The number of likely N-dealkylation sites (tertiary alicyclic amines) is 1. The zero-order valence-corrected chi connectivity index (χ0v) is 13.7. The number of amides is 1. The summed E-state index contributed by atoms with van der Waals surface area (Å²) in [6.07, 6.45) is 6.37. The molecule has 1 amide bonds. The Morgan fingerprint density at radius 2 is 2.04 bits per heavy atom. The Morgan fingerprint density at radius 3 is 2.83 bits per heavy atom. The van der Waals surface area contributed by atoms with Crippen molar-refractivity contribution in [3.63, 3.8) is 0 Å². The first kappa shape index (κ1) is 15.4. The number of carbonyl (C=O) groups is 1. The van der Waals surface area contributed by atoms with Crippen LogP contribution in [0.2, 0.25) is 0 Å². The average Bonchev–Trinajstić information content (AvgIpc) is 3.34. The second kappa shape index (κ2) is 6.79. The van der Waals surface area contributed by atoms with Gasteiger partial charge in [0, 0.05) is 25.2 Å². The molecule has 0 radical (unpaired) electrons. The van der Waals surface area contributed by atoms with Crippen LogP contribution in [-0.2, 0) is 0 Å². The standard InChI is InChI=1S/C19H23N3O2/c23-19(16-8-10-24-13-16)22-9-4-7-15(12-22)18-11-17(20-21-18)14-5-2-1-3-6-14/h1-3,5-6,8,10,13,15,17-18,20-21H,4,7,9,11-12H2. The molecule has 0 spiro atoms. The van der Waals surface area contributed by atoms with Crippen LogP contribution in [0.5, 0.6) is 0 Å². The van der Waals surface area contributed by atoms with Crippen molar-refractivity contribution in [1.82, 2.24) is 15.8 Å². The highest BCUT2D eigenvalue weighted by atomic mass is 16.3. The molecule has 5 heteroatoms. The Bertz CT molecular complexity index is 671. The zero-order chi connectivity index (χ0) is 16.4. The summed E-state index contributed by atoms with van der Waals surface area (Å²) in [6, 6.07) is 13.0. The maximum absolute atomic E-state index is 12.5. The SMILES string of the molecule is O=C(c1ccoc1)N1CCCC(C2CC(c3ccccc3)NN2)C1. The monoisotopic (exact) mass is 325 g/mol. The first-order chi connectivity index (χ1) is 11.8. The number of piperidine rings is 1. The third-order valence-electron chi connectivity index (χ3n) is 5.22. The van der Waals surface area contributed by atoms with Crippen LogP contribution in [0.15, 0.2) is 53.3 Å². The molecule has 2 fully saturated rings. The summed E-state index contributed by atoms with van der Waals surface area (Å²) in [4.78, 5) is 14.5. The van der Waals surface area contributed by atoms with Crippen LogP contribution in [0.3, 0.4) is 0 Å². The van der Waals surface area contributed by atoms with Gasteiger partial charge in [0.25, 0.3) is 5.91 Å². The Balaban J connectivity index is 1.39. The quantitative estimate of drug-likeness (QED) is 0.911. The van der Waals surface area contributed by atoms with E-state index < -0.39 is 0 Å². The molecule has 0 aliphatic carbocycles. The van der Waals surface area contributed by atoms with E-state index in [-0.39, 0.29) is 5.91 Å². The Labute approximate surface area is 142 Å². The first-order valence-electron chi connectivity index (χ1n) is 8.69. The third-order valence-corrected chi connectivity index (χ3v) is 5.22. The topological polar surface area (TPSA) is 57.5 Å². The van der Waals surface area contributed by atoms with E-state index in [9.17, 15) is 4.79 Å². The van der Waals surface area contributed by atoms with Crippen molar-refractivity contribution < 1.29 is 9.21 Å². The third kappa shape index (κ3) is 3.09. The van der Waals surface area contributed by atoms with Crippen LogP contribution in [0.4, 0.5) is 0 Å². The lowest BCUT2D eigenvalue weighted by Crippen LogP contribution is -2.47. The zero-order valence-electron chi connectivity index (χ0n) is 13.7. The van der Waals surface area contributed by atoms with Gasteiger partial charge in [-0.15, -0.1) is 0 Å². The van der Waals surface area contributed by atoms with Crippen LogP contribution < -0.4 is 10.9 Å². The van der Waals surface area contributed by atoms with Gasteiger partial charge in [0.05, 0.1) is 11.8 Å². The number of rotatable bonds is 3. The van der Waals surface area contributed by atoms with E-state index in [1.807, 2.05) is 11.0 Å². The second-order valence-corrected chi connectivity index (χ2v) is 6.76. The highest BCUT2D eigenvalue weighted by Crippen LogP contribution is 2.30. The summed E-state index contributed by atoms with van der Waals surface area (Å²) < 4.78 is 5.05. The van der Waals surface area contributed by atoms with Crippen LogP contribution in [0.1, 0.15) is 41.2 Å². The minimum absolute atomic E-state index is 0.0824. The molecular weight excluding hydrogens is 302 g/mol. The molecule has 2 N–H and O–H groups in total. The van der Waals surface area contributed by atoms with Crippen molar-refractivity contribution in [3.8, 4) is 0 Å². The molecule has 2 saturated heterocycles. The molecule has 2 aliphatic heterocycles. The molecule has 4 rings (SSSR count). The Hall–Kier alpha value is -2.11. The highest BCUT2D eigenvalue weighted by Gasteiger charge is 2.35. The number of benzene rings is 1. The number of hydrogen-bond donors (Lipinski definition) is 2. The molecule has 126 valence electrons. The summed E-state index contributed by atoms with van der Waals surface area (Å²) in [7, 11) is 0. The van der Waals surface area contributed by atoms with E-state index in [4.69, 9.17) is 4.42 Å². The average molecular weight is 325 g/mol. The van der Waals surface area contributed by atoms with Crippen molar-refractivity contribution in [3.05, 3.63) is 60.1 Å². The normalized spacial score (nSPS) is 27.3. The fourth-order valence-electron chi connectivity index (χ4n) is 3.89. The maximum Gasteiger partial charge on any atom is 0.257 e. The van der Waals surface area contributed by atoms with Gasteiger partial charge in [-0.3, -0.25) is 15.6 Å². The first-order valence-corrected chi connectivity index (χ1v) is 8.69. The van der Waals surface area contributed by atoms with Crippen molar-refractivity contribution in [2.45, 2.75) is 31.3 Å². The lowest BCUT2D eigenvalue weighted by atomic mass is 9.87. The lowest BCUT2D eigenvalue weighted by molar-refractivity contribution is 0.0648. The lowest BCUT2D eigenvalue weighted by Gasteiger charge is -2.35. The molecule has 2 aliphatic rings. The number of furan rings is 1. The summed E-state index contributed by atoms with van der Waals surface area (Å²) in [6.45, 7) is 1.65. The van der Waals surface area contributed by atoms with Gasteiger partial charge in [0.2, 0.25) is 0 Å². The predicted octanol–water partition coefficient (Wildman–Crippen LogP) is 2.74. The van der Waals surface area contributed by atoms with Crippen molar-refractivity contribution in [1.29, 1.82) is 0 Å². The Kier molecular flexibility index (Phi) is 4.36. The van der Waals surface area contributed by atoms with Crippen LogP contribution in [0, 0.1) is 5.92 Å². The van der Waals surface area contributed by atoms with Crippen LogP contribution in [0.25, 0.3) is 0 Å². The van der Waals surface area contributed by atoms with E-state index in [2.05, 4.69) is 35.1 Å². The fraction of sp³-hybridized carbons (Fsp3) is 0.421. The summed E-state index contributed by atoms with van der Waals surface area (Å²) >= 11 is 0. The predicted molar refractivity (Wildman–Crippen MR) is 91.2 cm³/mol. The molecule has 1 aromatic heterocycles. The van der Waals surface area contributed by atoms with E-state index in [1.54, 1.807) is 12.3 Å². The Morgan fingerprint density at radius 1 is 1.17 bits per heavy atom. The van der Waals surface area contributed by atoms with Gasteiger partial charge in [0.1, 0.15) is 6.26 Å². The highest BCUT2D eigenvalue weighted by molar-refractivity contribution is 5.93. The molecule has 0 bridgehead atoms. The number of hydrazine groups is 1. The molecular formula is C19H23N3O2.